The van der Waals surface area contributed by atoms with E-state index < -0.39 is 22.9 Å². The minimum atomic E-state index is -0.810. The second-order valence-corrected chi connectivity index (χ2v) is 11.0. The first-order valence-corrected chi connectivity index (χ1v) is 12.8. The van der Waals surface area contributed by atoms with Crippen LogP contribution in [0.25, 0.3) is 27.9 Å². The number of hydrogen-bond donors (Lipinski definition) is 0. The van der Waals surface area contributed by atoms with Gasteiger partial charge in [0.05, 0.1) is 27.4 Å². The van der Waals surface area contributed by atoms with Crippen LogP contribution in [0.15, 0.2) is 65.6 Å². The van der Waals surface area contributed by atoms with E-state index in [2.05, 4.69) is 25.7 Å². The molecule has 0 N–H and O–H groups in total. The molecule has 0 spiro atoms. The van der Waals surface area contributed by atoms with Crippen LogP contribution >= 0.6 is 11.6 Å². The third-order valence-electron chi connectivity index (χ3n) is 7.34. The molecule has 1 aliphatic rings. The van der Waals surface area contributed by atoms with Crippen LogP contribution in [0.4, 0.5) is 13.2 Å². The van der Waals surface area contributed by atoms with Gasteiger partial charge in [-0.25, -0.2) is 13.2 Å². The summed E-state index contributed by atoms with van der Waals surface area (Å²) in [5.74, 6) is -1.91. The Labute approximate surface area is 219 Å². The van der Waals surface area contributed by atoms with Crippen molar-refractivity contribution in [2.75, 3.05) is 13.1 Å². The third kappa shape index (κ3) is 4.80. The van der Waals surface area contributed by atoms with Crippen LogP contribution in [-0.4, -0.2) is 27.9 Å². The fourth-order valence-electron chi connectivity index (χ4n) is 5.34. The van der Waals surface area contributed by atoms with Crippen LogP contribution in [0, 0.1) is 17.5 Å². The molecule has 5 rings (SSSR count). The monoisotopic (exact) mass is 524 g/mol. The van der Waals surface area contributed by atoms with Gasteiger partial charge in [-0.15, -0.1) is 0 Å². The molecule has 0 radical (unpaired) electrons. The summed E-state index contributed by atoms with van der Waals surface area (Å²) in [5.41, 5.74) is 1.67. The SMILES string of the molecule is CC(C)(C)N1CCC(c2cc(-c3ccc(F)cc3Cl)n3ccc(=O)c(-c4c(F)cccc4F)c3c2)CC1. The first-order valence-electron chi connectivity index (χ1n) is 12.4. The molecule has 0 amide bonds. The molecule has 192 valence electrons. The molecule has 1 aliphatic heterocycles. The highest BCUT2D eigenvalue weighted by molar-refractivity contribution is 6.33. The molecule has 3 heterocycles. The van der Waals surface area contributed by atoms with Crippen molar-refractivity contribution in [3.8, 4) is 22.4 Å². The number of rotatable bonds is 3. The number of likely N-dealkylation sites (tertiary alicyclic amines) is 1. The van der Waals surface area contributed by atoms with Crippen LogP contribution in [0.3, 0.4) is 0 Å². The molecule has 0 bridgehead atoms. The lowest BCUT2D eigenvalue weighted by Gasteiger charge is -2.41. The van der Waals surface area contributed by atoms with Gasteiger partial charge < -0.3 is 4.40 Å². The minimum absolute atomic E-state index is 0.0495. The Morgan fingerprint density at radius 3 is 2.19 bits per heavy atom. The molecule has 0 atom stereocenters. The summed E-state index contributed by atoms with van der Waals surface area (Å²) < 4.78 is 45.4. The molecule has 1 fully saturated rings. The van der Waals surface area contributed by atoms with Crippen molar-refractivity contribution in [1.29, 1.82) is 0 Å². The number of hydrogen-bond acceptors (Lipinski definition) is 2. The summed E-state index contributed by atoms with van der Waals surface area (Å²) in [7, 11) is 0. The highest BCUT2D eigenvalue weighted by Crippen LogP contribution is 2.38. The highest BCUT2D eigenvalue weighted by Gasteiger charge is 2.29. The summed E-state index contributed by atoms with van der Waals surface area (Å²) in [6, 6.07) is 12.8. The second-order valence-electron chi connectivity index (χ2n) is 10.6. The molecular formula is C30H28ClF3N2O. The maximum absolute atomic E-state index is 14.9. The Bertz CT molecular complexity index is 1530. The van der Waals surface area contributed by atoms with E-state index in [1.165, 1.54) is 24.3 Å². The lowest BCUT2D eigenvalue weighted by molar-refractivity contribution is 0.102. The Morgan fingerprint density at radius 2 is 1.57 bits per heavy atom. The van der Waals surface area contributed by atoms with Gasteiger partial charge in [-0.2, -0.15) is 0 Å². The fraction of sp³-hybridized carbons (Fsp3) is 0.300. The zero-order valence-corrected chi connectivity index (χ0v) is 21.7. The van der Waals surface area contributed by atoms with Gasteiger partial charge in [0.15, 0.2) is 5.43 Å². The number of fused-ring (bicyclic) bond motifs is 1. The molecule has 3 nitrogen and oxygen atoms in total. The first kappa shape index (κ1) is 25.6. The van der Waals surface area contributed by atoms with Crippen LogP contribution in [0.2, 0.25) is 5.02 Å². The molecular weight excluding hydrogens is 497 g/mol. The molecule has 37 heavy (non-hydrogen) atoms. The zero-order chi connectivity index (χ0) is 26.5. The minimum Gasteiger partial charge on any atom is -0.316 e. The number of pyridine rings is 2. The second kappa shape index (κ2) is 9.66. The summed E-state index contributed by atoms with van der Waals surface area (Å²) in [6.07, 6.45) is 3.36. The standard InChI is InChI=1S/C30H28ClF3N2O/c1-30(2,3)35-12-9-18(10-13-35)19-15-25(21-8-7-20(32)17-22(21)31)36-14-11-27(37)29(26(36)16-19)28-23(33)5-4-6-24(28)34/h4-8,11,14-18H,9-10,12-13H2,1-3H3. The summed E-state index contributed by atoms with van der Waals surface area (Å²) >= 11 is 6.47. The first-order chi connectivity index (χ1) is 17.5. The van der Waals surface area contributed by atoms with Crippen molar-refractivity contribution in [1.82, 2.24) is 9.30 Å². The van der Waals surface area contributed by atoms with Crippen LogP contribution < -0.4 is 5.43 Å². The predicted octanol–water partition coefficient (Wildman–Crippen LogP) is 7.68. The van der Waals surface area contributed by atoms with Gasteiger partial charge in [-0.1, -0.05) is 17.7 Å². The van der Waals surface area contributed by atoms with Crippen molar-refractivity contribution in [2.24, 2.45) is 0 Å². The van der Waals surface area contributed by atoms with E-state index in [0.29, 0.717) is 16.8 Å². The van der Waals surface area contributed by atoms with Gasteiger partial charge in [0.1, 0.15) is 17.5 Å². The van der Waals surface area contributed by atoms with Crippen LogP contribution in [0.5, 0.6) is 0 Å². The quantitative estimate of drug-likeness (QED) is 0.274. The van der Waals surface area contributed by atoms with Crippen molar-refractivity contribution < 1.29 is 13.2 Å². The van der Waals surface area contributed by atoms with Gasteiger partial charge in [0.2, 0.25) is 0 Å². The Kier molecular flexibility index (Phi) is 6.67. The van der Waals surface area contributed by atoms with E-state index in [9.17, 15) is 18.0 Å². The smallest absolute Gasteiger partial charge is 0.190 e. The average Bonchev–Trinajstić information content (AvgIpc) is 2.84. The van der Waals surface area contributed by atoms with E-state index in [0.717, 1.165) is 43.6 Å². The number of halogens is 4. The van der Waals surface area contributed by atoms with Crippen molar-refractivity contribution >= 4 is 17.1 Å². The number of nitrogens with zero attached hydrogens (tertiary/aromatic N) is 2. The van der Waals surface area contributed by atoms with Crippen molar-refractivity contribution in [3.63, 3.8) is 0 Å². The average molecular weight is 525 g/mol. The summed E-state index contributed by atoms with van der Waals surface area (Å²) in [5, 5.41) is 0.207. The maximum Gasteiger partial charge on any atom is 0.190 e. The largest absolute Gasteiger partial charge is 0.316 e. The molecule has 4 aromatic rings. The summed E-state index contributed by atoms with van der Waals surface area (Å²) in [4.78, 5) is 15.5. The lowest BCUT2D eigenvalue weighted by atomic mass is 9.86. The number of benzene rings is 2. The van der Waals surface area contributed by atoms with Gasteiger partial charge >= 0.3 is 0 Å². The van der Waals surface area contributed by atoms with Gasteiger partial charge in [0, 0.05) is 23.4 Å². The molecule has 2 aromatic carbocycles. The summed E-state index contributed by atoms with van der Waals surface area (Å²) in [6.45, 7) is 8.39. The van der Waals surface area contributed by atoms with E-state index >= 15 is 0 Å². The molecule has 7 heteroatoms. The Hall–Kier alpha value is -3.09. The van der Waals surface area contributed by atoms with E-state index in [1.54, 1.807) is 16.7 Å². The van der Waals surface area contributed by atoms with Crippen molar-refractivity contribution in [3.05, 3.63) is 99.1 Å². The number of aromatic nitrogens is 1. The molecule has 0 unspecified atom stereocenters. The van der Waals surface area contributed by atoms with E-state index in [4.69, 9.17) is 11.6 Å². The topological polar surface area (TPSA) is 24.7 Å². The Balaban J connectivity index is 1.77. The highest BCUT2D eigenvalue weighted by atomic mass is 35.5. The Morgan fingerprint density at radius 1 is 0.892 bits per heavy atom. The van der Waals surface area contributed by atoms with Crippen LogP contribution in [-0.2, 0) is 0 Å². The number of piperidine rings is 1. The molecule has 1 saturated heterocycles. The predicted molar refractivity (Wildman–Crippen MR) is 143 cm³/mol. The van der Waals surface area contributed by atoms with Crippen molar-refractivity contribution in [2.45, 2.75) is 45.1 Å². The van der Waals surface area contributed by atoms with Crippen LogP contribution in [0.1, 0.15) is 45.1 Å². The zero-order valence-electron chi connectivity index (χ0n) is 21.0. The lowest BCUT2D eigenvalue weighted by Crippen LogP contribution is -2.45. The van der Waals surface area contributed by atoms with E-state index in [-0.39, 0.29) is 27.6 Å². The van der Waals surface area contributed by atoms with Gasteiger partial charge in [0.25, 0.3) is 0 Å². The molecule has 2 aromatic heterocycles. The van der Waals surface area contributed by atoms with Gasteiger partial charge in [-0.3, -0.25) is 9.69 Å². The normalized spacial score (nSPS) is 15.4. The third-order valence-corrected chi connectivity index (χ3v) is 7.65. The van der Waals surface area contributed by atoms with Gasteiger partial charge in [-0.05, 0) is 101 Å². The molecule has 0 aliphatic carbocycles. The molecule has 0 saturated carbocycles. The van der Waals surface area contributed by atoms with E-state index in [1.807, 2.05) is 12.1 Å². The maximum atomic E-state index is 14.9. The fourth-order valence-corrected chi connectivity index (χ4v) is 5.61.